The summed E-state index contributed by atoms with van der Waals surface area (Å²) in [5, 5.41) is 4.03. The van der Waals surface area contributed by atoms with Crippen molar-refractivity contribution in [1.29, 1.82) is 0 Å². The van der Waals surface area contributed by atoms with Gasteiger partial charge in [0, 0.05) is 15.4 Å². The largest absolute Gasteiger partial charge is 0.317 e. The van der Waals surface area contributed by atoms with E-state index in [0.717, 1.165) is 50.1 Å². The molecule has 0 bridgehead atoms. The van der Waals surface area contributed by atoms with Gasteiger partial charge in [-0.15, -0.1) is 0 Å². The van der Waals surface area contributed by atoms with Crippen molar-refractivity contribution in [2.24, 2.45) is 0 Å². The van der Waals surface area contributed by atoms with Gasteiger partial charge in [0.05, 0.1) is 10.8 Å². The average Bonchev–Trinajstić information content (AvgIpc) is 2.29. The zero-order chi connectivity index (χ0) is 10.7. The smallest absolute Gasteiger partial charge is 0.0517 e. The highest BCUT2D eigenvalue weighted by Crippen LogP contribution is 2.27. The Labute approximate surface area is 99.8 Å². The van der Waals surface area contributed by atoms with Crippen molar-refractivity contribution in [3.63, 3.8) is 0 Å². The highest BCUT2D eigenvalue weighted by atomic mass is 32.2. The molecule has 2 rings (SSSR count). The fourth-order valence-corrected chi connectivity index (χ4v) is 4.46. The summed E-state index contributed by atoms with van der Waals surface area (Å²) in [6.45, 7) is 2.04. The molecule has 2 atom stereocenters. The zero-order valence-corrected chi connectivity index (χ0v) is 10.7. The van der Waals surface area contributed by atoms with Gasteiger partial charge in [-0.2, -0.15) is 12.6 Å². The van der Waals surface area contributed by atoms with Gasteiger partial charge in [-0.05, 0) is 45.2 Å². The summed E-state index contributed by atoms with van der Waals surface area (Å²) in [4.78, 5) is 1.16. The summed E-state index contributed by atoms with van der Waals surface area (Å²) < 4.78 is 12.3. The molecule has 0 aromatic carbocycles. The van der Waals surface area contributed by atoms with E-state index < -0.39 is 10.8 Å². The second kappa shape index (κ2) is 5.51. The van der Waals surface area contributed by atoms with Gasteiger partial charge in [-0.1, -0.05) is 6.08 Å². The van der Waals surface area contributed by atoms with E-state index in [2.05, 4.69) is 24.0 Å². The van der Waals surface area contributed by atoms with E-state index in [0.29, 0.717) is 10.5 Å². The standard InChI is InChI=1S/C11H19NOS2/c13-15(10-4-6-12-7-5-10)11-3-1-2-9(14)8-11/h8-10,12,14H,1-7H2. The topological polar surface area (TPSA) is 29.1 Å². The third kappa shape index (κ3) is 3.08. The maximum atomic E-state index is 12.3. The molecule has 1 heterocycles. The van der Waals surface area contributed by atoms with E-state index >= 15 is 0 Å². The van der Waals surface area contributed by atoms with Gasteiger partial charge in [0.15, 0.2) is 0 Å². The monoisotopic (exact) mass is 245 g/mol. The Morgan fingerprint density at radius 2 is 2.07 bits per heavy atom. The van der Waals surface area contributed by atoms with Crippen LogP contribution in [-0.4, -0.2) is 27.8 Å². The van der Waals surface area contributed by atoms with Gasteiger partial charge in [0.2, 0.25) is 0 Å². The molecule has 0 radical (unpaired) electrons. The van der Waals surface area contributed by atoms with E-state index in [9.17, 15) is 4.21 Å². The van der Waals surface area contributed by atoms with Crippen LogP contribution in [-0.2, 0) is 10.8 Å². The summed E-state index contributed by atoms with van der Waals surface area (Å²) in [5.41, 5.74) is 0. The van der Waals surface area contributed by atoms with E-state index in [1.807, 2.05) is 0 Å². The molecule has 1 aliphatic carbocycles. The fourth-order valence-electron chi connectivity index (χ4n) is 2.26. The van der Waals surface area contributed by atoms with Gasteiger partial charge in [0.1, 0.15) is 0 Å². The molecule has 2 unspecified atom stereocenters. The summed E-state index contributed by atoms with van der Waals surface area (Å²) in [6.07, 6.45) is 7.55. The Morgan fingerprint density at radius 3 is 2.73 bits per heavy atom. The summed E-state index contributed by atoms with van der Waals surface area (Å²) in [5.74, 6) is 0. The van der Waals surface area contributed by atoms with E-state index in [4.69, 9.17) is 0 Å². The molecular weight excluding hydrogens is 226 g/mol. The Bertz CT molecular complexity index is 272. The summed E-state index contributed by atoms with van der Waals surface area (Å²) in [6, 6.07) is 0. The molecule has 0 saturated carbocycles. The molecule has 1 aliphatic heterocycles. The first-order chi connectivity index (χ1) is 7.27. The minimum Gasteiger partial charge on any atom is -0.317 e. The molecule has 2 nitrogen and oxygen atoms in total. The Kier molecular flexibility index (Phi) is 4.29. The molecule has 15 heavy (non-hydrogen) atoms. The van der Waals surface area contributed by atoms with Crippen LogP contribution in [0.2, 0.25) is 0 Å². The summed E-state index contributed by atoms with van der Waals surface area (Å²) in [7, 11) is -0.741. The lowest BCUT2D eigenvalue weighted by Gasteiger charge is -2.25. The van der Waals surface area contributed by atoms with Crippen molar-refractivity contribution >= 4 is 23.4 Å². The minimum absolute atomic E-state index is 0.333. The van der Waals surface area contributed by atoms with Crippen molar-refractivity contribution in [3.8, 4) is 0 Å². The second-order valence-electron chi connectivity index (χ2n) is 4.34. The number of rotatable bonds is 2. The zero-order valence-electron chi connectivity index (χ0n) is 8.95. The van der Waals surface area contributed by atoms with E-state index in [-0.39, 0.29) is 0 Å². The maximum absolute atomic E-state index is 12.3. The van der Waals surface area contributed by atoms with Crippen LogP contribution < -0.4 is 5.32 Å². The van der Waals surface area contributed by atoms with Crippen LogP contribution in [0.5, 0.6) is 0 Å². The van der Waals surface area contributed by atoms with Crippen molar-refractivity contribution in [3.05, 3.63) is 11.0 Å². The first-order valence-corrected chi connectivity index (χ1v) is 7.50. The van der Waals surface area contributed by atoms with Crippen molar-refractivity contribution in [1.82, 2.24) is 5.32 Å². The SMILES string of the molecule is O=S(C1=CC(S)CCC1)C1CCNCC1. The van der Waals surface area contributed by atoms with Crippen LogP contribution in [0.4, 0.5) is 0 Å². The van der Waals surface area contributed by atoms with Gasteiger partial charge < -0.3 is 5.32 Å². The van der Waals surface area contributed by atoms with E-state index in [1.165, 1.54) is 0 Å². The average molecular weight is 245 g/mol. The first-order valence-electron chi connectivity index (χ1n) is 5.77. The third-order valence-electron chi connectivity index (χ3n) is 3.15. The van der Waals surface area contributed by atoms with Gasteiger partial charge in [-0.25, -0.2) is 0 Å². The van der Waals surface area contributed by atoms with Crippen molar-refractivity contribution < 1.29 is 4.21 Å². The molecule has 0 aromatic rings. The molecule has 0 spiro atoms. The number of allylic oxidation sites excluding steroid dienone is 1. The Morgan fingerprint density at radius 1 is 1.33 bits per heavy atom. The Hall–Kier alpha value is 0.200. The number of nitrogens with one attached hydrogen (secondary N) is 1. The molecule has 1 saturated heterocycles. The van der Waals surface area contributed by atoms with Crippen LogP contribution in [0.25, 0.3) is 0 Å². The molecule has 86 valence electrons. The van der Waals surface area contributed by atoms with E-state index in [1.54, 1.807) is 0 Å². The number of hydrogen-bond acceptors (Lipinski definition) is 3. The number of hydrogen-bond donors (Lipinski definition) is 2. The van der Waals surface area contributed by atoms with Gasteiger partial charge in [0.25, 0.3) is 0 Å². The fraction of sp³-hybridized carbons (Fsp3) is 0.818. The normalized spacial score (nSPS) is 31.0. The molecule has 4 heteroatoms. The highest BCUT2D eigenvalue weighted by Gasteiger charge is 2.24. The molecule has 0 aromatic heterocycles. The van der Waals surface area contributed by atoms with Crippen molar-refractivity contribution in [2.75, 3.05) is 13.1 Å². The molecule has 1 N–H and O–H groups in total. The predicted molar refractivity (Wildman–Crippen MR) is 68.7 cm³/mol. The molecule has 0 amide bonds. The lowest BCUT2D eigenvalue weighted by molar-refractivity contribution is 0.520. The van der Waals surface area contributed by atoms with Crippen LogP contribution in [0, 0.1) is 0 Å². The van der Waals surface area contributed by atoms with Crippen LogP contribution in [0.15, 0.2) is 11.0 Å². The third-order valence-corrected chi connectivity index (χ3v) is 5.49. The number of thiol groups is 1. The predicted octanol–water partition coefficient (Wildman–Crippen LogP) is 1.85. The lowest BCUT2D eigenvalue weighted by Crippen LogP contribution is -2.34. The summed E-state index contributed by atoms with van der Waals surface area (Å²) >= 11 is 4.46. The molecule has 1 fully saturated rings. The second-order valence-corrected chi connectivity index (χ2v) is 6.79. The lowest BCUT2D eigenvalue weighted by atomic mass is 10.1. The molecule has 2 aliphatic rings. The van der Waals surface area contributed by atoms with Gasteiger partial charge in [-0.3, -0.25) is 4.21 Å². The molecular formula is C11H19NOS2. The highest BCUT2D eigenvalue weighted by molar-refractivity contribution is 7.89. The maximum Gasteiger partial charge on any atom is 0.0517 e. The first kappa shape index (κ1) is 11.7. The minimum atomic E-state index is -0.741. The van der Waals surface area contributed by atoms with Crippen LogP contribution in [0.1, 0.15) is 32.1 Å². The van der Waals surface area contributed by atoms with Crippen molar-refractivity contribution in [2.45, 2.75) is 42.6 Å². The Balaban J connectivity index is 1.99. The van der Waals surface area contributed by atoms with Gasteiger partial charge >= 0.3 is 0 Å². The van der Waals surface area contributed by atoms with Crippen LogP contribution >= 0.6 is 12.6 Å². The number of piperidine rings is 1. The quantitative estimate of drug-likeness (QED) is 0.727. The van der Waals surface area contributed by atoms with Crippen LogP contribution in [0.3, 0.4) is 0 Å².